The Morgan fingerprint density at radius 1 is 1.50 bits per heavy atom. The maximum atomic E-state index is 12.6. The second-order valence-corrected chi connectivity index (χ2v) is 7.09. The van der Waals surface area contributed by atoms with Gasteiger partial charge < -0.3 is 4.90 Å². The Hall–Kier alpha value is -1.62. The van der Waals surface area contributed by atoms with E-state index in [1.165, 1.54) is 6.42 Å². The summed E-state index contributed by atoms with van der Waals surface area (Å²) in [5.74, 6) is 0.156. The van der Waals surface area contributed by atoms with Crippen LogP contribution in [-0.2, 0) is 0 Å². The van der Waals surface area contributed by atoms with Crippen molar-refractivity contribution in [2.75, 3.05) is 13.1 Å². The third kappa shape index (κ3) is 2.63. The summed E-state index contributed by atoms with van der Waals surface area (Å²) in [5, 5.41) is 8.70. The van der Waals surface area contributed by atoms with Gasteiger partial charge in [-0.2, -0.15) is 5.10 Å². The van der Waals surface area contributed by atoms with E-state index in [0.717, 1.165) is 35.5 Å². The van der Waals surface area contributed by atoms with E-state index >= 15 is 0 Å². The fourth-order valence-electron chi connectivity index (χ4n) is 2.76. The summed E-state index contributed by atoms with van der Waals surface area (Å²) >= 11 is 1.59. The first kappa shape index (κ1) is 13.4. The molecule has 1 N–H and O–H groups in total. The highest BCUT2D eigenvalue weighted by molar-refractivity contribution is 7.13. The molecule has 3 heterocycles. The van der Waals surface area contributed by atoms with Crippen LogP contribution in [0.2, 0.25) is 0 Å². The predicted octanol–water partition coefficient (Wildman–Crippen LogP) is 3.40. The standard InChI is InChI=1S/C15H19N3OS/c1-15(2)4-3-5-18(10-15)14(19)11-6-13(20-9-11)12-7-16-17-8-12/h6-9H,3-5,10H2,1-2H3,(H,16,17). The van der Waals surface area contributed by atoms with Gasteiger partial charge in [-0.15, -0.1) is 11.3 Å². The molecule has 1 amide bonds. The van der Waals surface area contributed by atoms with E-state index < -0.39 is 0 Å². The number of piperidine rings is 1. The Morgan fingerprint density at radius 2 is 2.35 bits per heavy atom. The molecule has 1 aliphatic heterocycles. The zero-order valence-corrected chi connectivity index (χ0v) is 12.7. The molecule has 2 aromatic rings. The highest BCUT2D eigenvalue weighted by Gasteiger charge is 2.29. The number of aromatic nitrogens is 2. The van der Waals surface area contributed by atoms with Crippen LogP contribution in [0.1, 0.15) is 37.0 Å². The van der Waals surface area contributed by atoms with E-state index in [0.29, 0.717) is 0 Å². The van der Waals surface area contributed by atoms with Crippen LogP contribution in [-0.4, -0.2) is 34.1 Å². The summed E-state index contributed by atoms with van der Waals surface area (Å²) in [6.07, 6.45) is 5.92. The van der Waals surface area contributed by atoms with Gasteiger partial charge in [-0.25, -0.2) is 0 Å². The van der Waals surface area contributed by atoms with Crippen molar-refractivity contribution in [3.05, 3.63) is 29.4 Å². The molecule has 4 nitrogen and oxygen atoms in total. The highest BCUT2D eigenvalue weighted by atomic mass is 32.1. The van der Waals surface area contributed by atoms with Crippen LogP contribution < -0.4 is 0 Å². The average molecular weight is 289 g/mol. The SMILES string of the molecule is CC1(C)CCCN(C(=O)c2csc(-c3cn[nH]c3)c2)C1. The molecule has 0 saturated carbocycles. The van der Waals surface area contributed by atoms with Gasteiger partial charge in [0, 0.05) is 35.1 Å². The number of thiophene rings is 1. The van der Waals surface area contributed by atoms with Crippen molar-refractivity contribution in [3.8, 4) is 10.4 Å². The Balaban J connectivity index is 1.78. The van der Waals surface area contributed by atoms with Crippen LogP contribution >= 0.6 is 11.3 Å². The first-order chi connectivity index (χ1) is 9.55. The monoisotopic (exact) mass is 289 g/mol. The summed E-state index contributed by atoms with van der Waals surface area (Å²) in [5.41, 5.74) is 2.06. The lowest BCUT2D eigenvalue weighted by atomic mass is 9.84. The lowest BCUT2D eigenvalue weighted by molar-refractivity contribution is 0.0584. The molecule has 0 atom stereocenters. The van der Waals surface area contributed by atoms with Gasteiger partial charge in [0.25, 0.3) is 5.91 Å². The van der Waals surface area contributed by atoms with Gasteiger partial charge in [-0.1, -0.05) is 13.8 Å². The first-order valence-electron chi connectivity index (χ1n) is 6.92. The molecule has 0 aromatic carbocycles. The molecular formula is C15H19N3OS. The molecule has 0 spiro atoms. The second-order valence-electron chi connectivity index (χ2n) is 6.18. The van der Waals surface area contributed by atoms with Gasteiger partial charge in [-0.3, -0.25) is 9.89 Å². The van der Waals surface area contributed by atoms with E-state index in [4.69, 9.17) is 0 Å². The van der Waals surface area contributed by atoms with Crippen molar-refractivity contribution in [1.29, 1.82) is 0 Å². The minimum atomic E-state index is 0.156. The van der Waals surface area contributed by atoms with Gasteiger partial charge >= 0.3 is 0 Å². The molecule has 5 heteroatoms. The van der Waals surface area contributed by atoms with E-state index in [1.54, 1.807) is 17.5 Å². The van der Waals surface area contributed by atoms with Crippen molar-refractivity contribution in [2.24, 2.45) is 5.41 Å². The van der Waals surface area contributed by atoms with Gasteiger partial charge in [0.15, 0.2) is 0 Å². The summed E-state index contributed by atoms with van der Waals surface area (Å²) in [4.78, 5) is 15.7. The van der Waals surface area contributed by atoms with Crippen LogP contribution in [0.5, 0.6) is 0 Å². The smallest absolute Gasteiger partial charge is 0.254 e. The fourth-order valence-corrected chi connectivity index (χ4v) is 3.63. The molecule has 1 aliphatic rings. The molecule has 2 aromatic heterocycles. The molecule has 20 heavy (non-hydrogen) atoms. The number of rotatable bonds is 2. The third-order valence-corrected chi connectivity index (χ3v) is 4.80. The molecule has 1 fully saturated rings. The largest absolute Gasteiger partial charge is 0.338 e. The Bertz CT molecular complexity index is 600. The lowest BCUT2D eigenvalue weighted by Crippen LogP contribution is -2.43. The minimum absolute atomic E-state index is 0.156. The van der Waals surface area contributed by atoms with Crippen molar-refractivity contribution in [3.63, 3.8) is 0 Å². The van der Waals surface area contributed by atoms with Crippen molar-refractivity contribution in [1.82, 2.24) is 15.1 Å². The molecule has 0 aliphatic carbocycles. The van der Waals surface area contributed by atoms with E-state index in [9.17, 15) is 4.79 Å². The van der Waals surface area contributed by atoms with E-state index in [1.807, 2.05) is 22.5 Å². The number of nitrogens with one attached hydrogen (secondary N) is 1. The summed E-state index contributed by atoms with van der Waals surface area (Å²) < 4.78 is 0. The van der Waals surface area contributed by atoms with Crippen molar-refractivity contribution in [2.45, 2.75) is 26.7 Å². The molecular weight excluding hydrogens is 270 g/mol. The fraction of sp³-hybridized carbons (Fsp3) is 0.467. The van der Waals surface area contributed by atoms with Crippen LogP contribution in [0, 0.1) is 5.41 Å². The van der Waals surface area contributed by atoms with Crippen molar-refractivity contribution < 1.29 is 4.79 Å². The van der Waals surface area contributed by atoms with Crippen molar-refractivity contribution >= 4 is 17.2 Å². The summed E-state index contributed by atoms with van der Waals surface area (Å²) in [6.45, 7) is 6.19. The van der Waals surface area contributed by atoms with Crippen LogP contribution in [0.3, 0.4) is 0 Å². The summed E-state index contributed by atoms with van der Waals surface area (Å²) in [6, 6.07) is 1.97. The zero-order chi connectivity index (χ0) is 14.2. The highest BCUT2D eigenvalue weighted by Crippen LogP contribution is 2.31. The number of hydrogen-bond donors (Lipinski definition) is 1. The van der Waals surface area contributed by atoms with Gasteiger partial charge in [0.2, 0.25) is 0 Å². The number of nitrogens with zero attached hydrogens (tertiary/aromatic N) is 2. The maximum absolute atomic E-state index is 12.6. The average Bonchev–Trinajstić information content (AvgIpc) is 3.07. The lowest BCUT2D eigenvalue weighted by Gasteiger charge is -2.37. The molecule has 0 radical (unpaired) electrons. The maximum Gasteiger partial charge on any atom is 0.254 e. The molecule has 0 unspecified atom stereocenters. The minimum Gasteiger partial charge on any atom is -0.338 e. The number of H-pyrrole nitrogens is 1. The number of hydrogen-bond acceptors (Lipinski definition) is 3. The van der Waals surface area contributed by atoms with Crippen LogP contribution in [0.25, 0.3) is 10.4 Å². The number of likely N-dealkylation sites (tertiary alicyclic amines) is 1. The quantitative estimate of drug-likeness (QED) is 0.921. The normalized spacial score (nSPS) is 18.2. The molecule has 3 rings (SSSR count). The number of carbonyl (C=O) groups excluding carboxylic acids is 1. The van der Waals surface area contributed by atoms with Crippen LogP contribution in [0.4, 0.5) is 0 Å². The number of aromatic amines is 1. The summed E-state index contributed by atoms with van der Waals surface area (Å²) in [7, 11) is 0. The number of carbonyl (C=O) groups is 1. The topological polar surface area (TPSA) is 49.0 Å². The van der Waals surface area contributed by atoms with Crippen LogP contribution in [0.15, 0.2) is 23.8 Å². The molecule has 1 saturated heterocycles. The van der Waals surface area contributed by atoms with E-state index in [-0.39, 0.29) is 11.3 Å². The Labute approximate surface area is 122 Å². The van der Waals surface area contributed by atoms with Gasteiger partial charge in [0.1, 0.15) is 0 Å². The Kier molecular flexibility index (Phi) is 3.38. The second kappa shape index (κ2) is 5.05. The third-order valence-electron chi connectivity index (χ3n) is 3.82. The predicted molar refractivity (Wildman–Crippen MR) is 80.8 cm³/mol. The zero-order valence-electron chi connectivity index (χ0n) is 11.8. The molecule has 0 bridgehead atoms. The van der Waals surface area contributed by atoms with E-state index in [2.05, 4.69) is 24.0 Å². The van der Waals surface area contributed by atoms with Gasteiger partial charge in [0.05, 0.1) is 11.8 Å². The first-order valence-corrected chi connectivity index (χ1v) is 7.80. The Morgan fingerprint density at radius 3 is 3.05 bits per heavy atom. The number of amides is 1. The molecule has 106 valence electrons. The van der Waals surface area contributed by atoms with Gasteiger partial charge in [-0.05, 0) is 24.3 Å².